The number of hydrogen-bond donors (Lipinski definition) is 11. The van der Waals surface area contributed by atoms with Gasteiger partial charge in [-0.2, -0.15) is 0 Å². The van der Waals surface area contributed by atoms with Gasteiger partial charge in [-0.05, 0) is 12.8 Å². The molecule has 4 fully saturated rings. The Bertz CT molecular complexity index is 1230. The highest BCUT2D eigenvalue weighted by Crippen LogP contribution is 2.39. The molecule has 4 aliphatic heterocycles. The molecule has 16 atom stereocenters. The number of rotatable bonds is 16. The number of aliphatic hydroxyl groups excluding tert-OH is 8. The fourth-order valence-corrected chi connectivity index (χ4v) is 5.83. The molecule has 0 aliphatic carbocycles. The average Bonchev–Trinajstić information content (AvgIpc) is 3.49. The molecule has 23 heteroatoms. The summed E-state index contributed by atoms with van der Waals surface area (Å²) in [5, 5.41) is 97.8. The Balaban J connectivity index is 1.40. The van der Waals surface area contributed by atoms with E-state index in [9.17, 15) is 60.3 Å². The fraction of sp³-hybridized carbons (Fsp3) is 0.833. The lowest BCUT2D eigenvalue weighted by atomic mass is 9.96. The first-order valence-electron chi connectivity index (χ1n) is 16.7. The number of hydrogen-bond acceptors (Lipinski definition) is 20. The largest absolute Gasteiger partial charge is 0.477 e. The maximum atomic E-state index is 12.5. The van der Waals surface area contributed by atoms with Crippen molar-refractivity contribution < 1.29 is 103 Å². The van der Waals surface area contributed by atoms with Gasteiger partial charge in [-0.3, -0.25) is 0 Å². The molecule has 0 aromatic rings. The molecule has 6 unspecified atom stereocenters. The van der Waals surface area contributed by atoms with E-state index in [1.807, 2.05) is 0 Å². The second kappa shape index (κ2) is 19.1. The van der Waals surface area contributed by atoms with E-state index in [4.69, 9.17) is 42.6 Å². The molecule has 4 saturated heterocycles. The predicted molar refractivity (Wildman–Crippen MR) is 166 cm³/mol. The summed E-state index contributed by atoms with van der Waals surface area (Å²) in [4.78, 5) is 36.0. The molecular formula is C30H48N2O21. The van der Waals surface area contributed by atoms with Crippen LogP contribution in [0.3, 0.4) is 0 Å². The lowest BCUT2D eigenvalue weighted by Gasteiger charge is -2.47. The zero-order valence-electron chi connectivity index (χ0n) is 28.5. The van der Waals surface area contributed by atoms with Gasteiger partial charge in [-0.15, -0.1) is 6.58 Å². The van der Waals surface area contributed by atoms with Gasteiger partial charge >= 0.3 is 18.2 Å². The molecular weight excluding hydrogens is 724 g/mol. The van der Waals surface area contributed by atoms with Crippen molar-refractivity contribution >= 4 is 18.2 Å². The number of carbonyl (C=O) groups is 3. The summed E-state index contributed by atoms with van der Waals surface area (Å²) in [5.74, 6) is -3.84. The number of carboxylic acids is 1. The molecule has 0 radical (unpaired) electrons. The molecule has 0 spiro atoms. The number of alkyl carbamates (subject to hydrolysis) is 2. The Labute approximate surface area is 301 Å². The minimum Gasteiger partial charge on any atom is -0.477 e. The van der Waals surface area contributed by atoms with E-state index in [1.165, 1.54) is 0 Å². The van der Waals surface area contributed by atoms with Gasteiger partial charge in [0.25, 0.3) is 5.79 Å². The molecule has 0 aromatic carbocycles. The van der Waals surface area contributed by atoms with Crippen LogP contribution in [0.1, 0.15) is 19.8 Å². The standard InChI is InChI=1S/C30H48N2O21/c1-3-4-5-8-45-28(43)31-6-7-32-29(44)46-11-14-22(20(40)23-26(49-14)53-30(2,52-23)27(41)42)51-25-19(39)17(37)21(13(10-34)48-25)50-24-18(38)16(36)15(35)12(9-33)47-24/h3,12-26,33-40H,1,4-11H2,2H3,(H,31,43)(H,32,44)(H,41,42)/t12?,13?,14-,15+,16+,17-,18?,19?,20?,21+,22-,23?,24+,25+,26-,30-/m1/s1. The minimum atomic E-state index is -2.28. The number of ether oxygens (including phenoxy) is 9. The van der Waals surface area contributed by atoms with Crippen LogP contribution < -0.4 is 10.6 Å². The quantitative estimate of drug-likeness (QED) is 0.0515. The Morgan fingerprint density at radius 3 is 1.89 bits per heavy atom. The monoisotopic (exact) mass is 772 g/mol. The predicted octanol–water partition coefficient (Wildman–Crippen LogP) is -5.28. The van der Waals surface area contributed by atoms with Crippen LogP contribution >= 0.6 is 0 Å². The van der Waals surface area contributed by atoms with Gasteiger partial charge in [0.1, 0.15) is 79.9 Å². The third-order valence-electron chi connectivity index (χ3n) is 8.79. The summed E-state index contributed by atoms with van der Waals surface area (Å²) < 4.78 is 49.0. The van der Waals surface area contributed by atoms with Crippen molar-refractivity contribution in [3.63, 3.8) is 0 Å². The average molecular weight is 773 g/mol. The Morgan fingerprint density at radius 1 is 0.736 bits per heavy atom. The van der Waals surface area contributed by atoms with Crippen molar-refractivity contribution in [2.75, 3.05) is 39.5 Å². The highest BCUT2D eigenvalue weighted by atomic mass is 16.8. The van der Waals surface area contributed by atoms with E-state index in [1.54, 1.807) is 6.08 Å². The highest BCUT2D eigenvalue weighted by molar-refractivity contribution is 5.75. The Morgan fingerprint density at radius 2 is 1.30 bits per heavy atom. The lowest BCUT2D eigenvalue weighted by Crippen LogP contribution is -2.66. The van der Waals surface area contributed by atoms with Gasteiger partial charge < -0.3 is 99.2 Å². The van der Waals surface area contributed by atoms with Crippen LogP contribution in [0, 0.1) is 0 Å². The summed E-state index contributed by atoms with van der Waals surface area (Å²) in [6, 6.07) is 0. The summed E-state index contributed by atoms with van der Waals surface area (Å²) >= 11 is 0. The number of fused-ring (bicyclic) bond motifs is 1. The second-order valence-electron chi connectivity index (χ2n) is 12.6. The normalized spacial score (nSPS) is 41.2. The first kappa shape index (κ1) is 42.9. The van der Waals surface area contributed by atoms with Crippen LogP contribution in [0.5, 0.6) is 0 Å². The molecule has 4 aliphatic rings. The van der Waals surface area contributed by atoms with Gasteiger partial charge in [-0.25, -0.2) is 14.4 Å². The van der Waals surface area contributed by atoms with Gasteiger partial charge in [0.05, 0.1) is 19.8 Å². The summed E-state index contributed by atoms with van der Waals surface area (Å²) in [6.07, 6.45) is -24.5. The molecule has 0 bridgehead atoms. The number of aliphatic carboxylic acids is 1. The van der Waals surface area contributed by atoms with Crippen molar-refractivity contribution in [1.29, 1.82) is 0 Å². The zero-order valence-corrected chi connectivity index (χ0v) is 28.5. The lowest BCUT2D eigenvalue weighted by molar-refractivity contribution is -0.374. The third kappa shape index (κ3) is 10.3. The number of allylic oxidation sites excluding steroid dienone is 1. The molecule has 23 nitrogen and oxygen atoms in total. The SMILES string of the molecule is C=CCCCOC(=O)NCCNC(=O)OC[C@H]1O[C@@H]2O[C@](C)(C(=O)O)OC2C(O)[C@@H]1O[C@@H]1OC(CO)[C@H](O[C@@H]2OC(CO)[C@H](O)[C@H](O)C2O)[C@H](O)C1O. The van der Waals surface area contributed by atoms with Crippen molar-refractivity contribution in [3.05, 3.63) is 12.7 Å². The van der Waals surface area contributed by atoms with E-state index in [0.29, 0.717) is 12.8 Å². The van der Waals surface area contributed by atoms with Crippen LogP contribution in [0.2, 0.25) is 0 Å². The topological polar surface area (TPSA) is 340 Å². The van der Waals surface area contributed by atoms with Crippen molar-refractivity contribution in [2.45, 2.75) is 118 Å². The van der Waals surface area contributed by atoms with E-state index in [-0.39, 0.29) is 19.7 Å². The van der Waals surface area contributed by atoms with Crippen molar-refractivity contribution in [1.82, 2.24) is 10.6 Å². The van der Waals surface area contributed by atoms with E-state index >= 15 is 0 Å². The first-order valence-corrected chi connectivity index (χ1v) is 16.7. The molecule has 0 saturated carbocycles. The molecule has 2 amide bonds. The van der Waals surface area contributed by atoms with Crippen molar-refractivity contribution in [2.24, 2.45) is 0 Å². The minimum absolute atomic E-state index is 0.0329. The number of carbonyl (C=O) groups excluding carboxylic acids is 2. The first-order chi connectivity index (χ1) is 25.1. The van der Waals surface area contributed by atoms with Gasteiger partial charge in [0, 0.05) is 20.0 Å². The van der Waals surface area contributed by atoms with Crippen LogP contribution in [0.15, 0.2) is 12.7 Å². The molecule has 53 heavy (non-hydrogen) atoms. The molecule has 4 heterocycles. The third-order valence-corrected chi connectivity index (χ3v) is 8.79. The van der Waals surface area contributed by atoms with Gasteiger partial charge in [0.15, 0.2) is 18.9 Å². The maximum absolute atomic E-state index is 12.5. The summed E-state index contributed by atoms with van der Waals surface area (Å²) in [6.45, 7) is 2.29. The van der Waals surface area contributed by atoms with Crippen LogP contribution in [-0.4, -0.2) is 202 Å². The fourth-order valence-electron chi connectivity index (χ4n) is 5.83. The molecule has 11 N–H and O–H groups in total. The van der Waals surface area contributed by atoms with Crippen LogP contribution in [0.25, 0.3) is 0 Å². The number of nitrogens with one attached hydrogen (secondary N) is 2. The van der Waals surface area contributed by atoms with Crippen LogP contribution in [-0.2, 0) is 47.4 Å². The summed E-state index contributed by atoms with van der Waals surface area (Å²) in [5.41, 5.74) is 0. The zero-order chi connectivity index (χ0) is 39.0. The van der Waals surface area contributed by atoms with Gasteiger partial charge in [-0.1, -0.05) is 6.08 Å². The van der Waals surface area contributed by atoms with Crippen LogP contribution in [0.4, 0.5) is 9.59 Å². The smallest absolute Gasteiger partial charge is 0.407 e. The molecule has 0 aromatic heterocycles. The Hall–Kier alpha value is -2.85. The number of unbranched alkanes of at least 4 members (excludes halogenated alkanes) is 1. The molecule has 304 valence electrons. The summed E-state index contributed by atoms with van der Waals surface area (Å²) in [7, 11) is 0. The number of carboxylic acid groups (broad SMARTS) is 1. The van der Waals surface area contributed by atoms with Crippen molar-refractivity contribution in [3.8, 4) is 0 Å². The molecule has 4 rings (SSSR count). The Kier molecular flexibility index (Phi) is 15.5. The van der Waals surface area contributed by atoms with E-state index < -0.39 is 136 Å². The van der Waals surface area contributed by atoms with E-state index in [0.717, 1.165) is 6.92 Å². The van der Waals surface area contributed by atoms with E-state index in [2.05, 4.69) is 17.2 Å². The van der Waals surface area contributed by atoms with Gasteiger partial charge in [0.2, 0.25) is 0 Å². The number of aliphatic hydroxyl groups is 8. The second-order valence-corrected chi connectivity index (χ2v) is 12.6. The highest BCUT2D eigenvalue weighted by Gasteiger charge is 2.60. The maximum Gasteiger partial charge on any atom is 0.407 e. The number of amides is 2.